The van der Waals surface area contributed by atoms with Gasteiger partial charge in [0.15, 0.2) is 0 Å². The molecule has 3 atom stereocenters. The molecule has 2 heterocycles. The van der Waals surface area contributed by atoms with Crippen molar-refractivity contribution >= 4 is 10.9 Å². The minimum absolute atomic E-state index is 0.173. The van der Waals surface area contributed by atoms with Crippen LogP contribution in [0.3, 0.4) is 0 Å². The highest BCUT2D eigenvalue weighted by molar-refractivity contribution is 5.85. The van der Waals surface area contributed by atoms with Gasteiger partial charge in [0.1, 0.15) is 5.60 Å². The minimum Gasteiger partial charge on any atom is -0.395 e. The molecule has 0 bridgehead atoms. The molecule has 1 aliphatic heterocycles. The number of hydrogen-bond acceptors (Lipinski definition) is 3. The van der Waals surface area contributed by atoms with E-state index in [1.54, 1.807) is 0 Å². The second kappa shape index (κ2) is 9.61. The predicted molar refractivity (Wildman–Crippen MR) is 137 cm³/mol. The van der Waals surface area contributed by atoms with Crippen LogP contribution in [0, 0.1) is 12.8 Å². The molecular formula is C29H40N2O2. The van der Waals surface area contributed by atoms with Crippen LogP contribution in [0.1, 0.15) is 55.5 Å². The number of aliphatic hydroxyl groups excluding tert-OH is 1. The van der Waals surface area contributed by atoms with Gasteiger partial charge >= 0.3 is 0 Å². The maximum atomic E-state index is 10.8. The zero-order valence-electron chi connectivity index (χ0n) is 20.9. The van der Waals surface area contributed by atoms with Crippen molar-refractivity contribution in [3.63, 3.8) is 0 Å². The monoisotopic (exact) mass is 448 g/mol. The number of benzene rings is 2. The molecule has 0 amide bonds. The predicted octanol–water partition coefficient (Wildman–Crippen LogP) is 5.56. The Labute approximate surface area is 199 Å². The van der Waals surface area contributed by atoms with E-state index in [1.165, 1.54) is 33.3 Å². The Balaban J connectivity index is 0.00000126. The molecule has 0 radical (unpaired) electrons. The maximum Gasteiger partial charge on any atom is 0.108 e. The summed E-state index contributed by atoms with van der Waals surface area (Å²) in [6.07, 6.45) is 3.72. The molecule has 33 heavy (non-hydrogen) atoms. The Morgan fingerprint density at radius 3 is 2.52 bits per heavy atom. The summed E-state index contributed by atoms with van der Waals surface area (Å²) < 4.78 is 6.65. The van der Waals surface area contributed by atoms with E-state index in [2.05, 4.69) is 79.4 Å². The maximum absolute atomic E-state index is 10.8. The van der Waals surface area contributed by atoms with Gasteiger partial charge < -0.3 is 19.7 Å². The Morgan fingerprint density at radius 2 is 1.79 bits per heavy atom. The summed E-state index contributed by atoms with van der Waals surface area (Å²) in [5, 5.41) is 12.2. The van der Waals surface area contributed by atoms with Crippen LogP contribution in [0.5, 0.6) is 0 Å². The average Bonchev–Trinajstić information content (AvgIpc) is 3.22. The smallest absolute Gasteiger partial charge is 0.108 e. The average molecular weight is 449 g/mol. The zero-order chi connectivity index (χ0) is 23.6. The number of aromatic nitrogens is 1. The number of nitrogens with one attached hydrogen (secondary N) is 1. The van der Waals surface area contributed by atoms with Crippen molar-refractivity contribution < 1.29 is 9.84 Å². The largest absolute Gasteiger partial charge is 0.395 e. The van der Waals surface area contributed by atoms with Gasteiger partial charge in [-0.25, -0.2) is 0 Å². The molecule has 1 aliphatic carbocycles. The number of H-pyrrole nitrogens is 1. The van der Waals surface area contributed by atoms with Crippen molar-refractivity contribution in [3.05, 3.63) is 70.9 Å². The molecule has 3 aromatic rings. The molecule has 2 aliphatic rings. The third kappa shape index (κ3) is 4.03. The van der Waals surface area contributed by atoms with Crippen LogP contribution >= 0.6 is 0 Å². The topological polar surface area (TPSA) is 48.5 Å². The van der Waals surface area contributed by atoms with Gasteiger partial charge in [0, 0.05) is 22.9 Å². The normalized spacial score (nSPS) is 26.8. The quantitative estimate of drug-likeness (QED) is 0.549. The van der Waals surface area contributed by atoms with E-state index in [4.69, 9.17) is 4.74 Å². The molecule has 2 N–H and O–H groups in total. The van der Waals surface area contributed by atoms with Gasteiger partial charge in [0.25, 0.3) is 0 Å². The van der Waals surface area contributed by atoms with E-state index < -0.39 is 0 Å². The summed E-state index contributed by atoms with van der Waals surface area (Å²) in [6, 6.07) is 17.2. The Bertz CT molecular complexity index is 1090. The lowest BCUT2D eigenvalue weighted by atomic mass is 9.57. The standard InChI is InChI=1S/C27H34N2O2.C2H6/c1-19-8-4-6-10-23(19)26(18-30)13-14-27(16-20(26)17-29(2)3)25-22(12-15-31-27)21-9-5-7-11-24(21)28-25;1-2/h4-11,20,28,30H,12-18H2,1-3H3;1-2H3. The van der Waals surface area contributed by atoms with Crippen LogP contribution < -0.4 is 0 Å². The molecule has 1 fully saturated rings. The lowest BCUT2D eigenvalue weighted by molar-refractivity contribution is -0.124. The summed E-state index contributed by atoms with van der Waals surface area (Å²) in [5.41, 5.74) is 5.94. The van der Waals surface area contributed by atoms with E-state index in [0.29, 0.717) is 5.92 Å². The molecule has 178 valence electrons. The summed E-state index contributed by atoms with van der Waals surface area (Å²) in [4.78, 5) is 6.01. The van der Waals surface area contributed by atoms with Gasteiger partial charge in [-0.3, -0.25) is 0 Å². The van der Waals surface area contributed by atoms with Crippen molar-refractivity contribution in [2.24, 2.45) is 5.92 Å². The highest BCUT2D eigenvalue weighted by Gasteiger charge is 2.53. The van der Waals surface area contributed by atoms with Crippen LogP contribution in [-0.4, -0.2) is 48.8 Å². The molecule has 4 heteroatoms. The minimum atomic E-state index is -0.297. The first-order chi connectivity index (χ1) is 16.0. The third-order valence-corrected chi connectivity index (χ3v) is 7.88. The van der Waals surface area contributed by atoms with Crippen molar-refractivity contribution in [3.8, 4) is 0 Å². The molecule has 1 saturated carbocycles. The number of aliphatic hydroxyl groups is 1. The first kappa shape index (κ1) is 24.0. The molecule has 2 aromatic carbocycles. The molecule has 1 spiro atoms. The fourth-order valence-electron chi connectivity index (χ4n) is 6.41. The second-order valence-electron chi connectivity index (χ2n) is 9.91. The van der Waals surface area contributed by atoms with Crippen molar-refractivity contribution in [1.29, 1.82) is 0 Å². The summed E-state index contributed by atoms with van der Waals surface area (Å²) in [5.74, 6) is 0.291. The Hall–Kier alpha value is -2.14. The van der Waals surface area contributed by atoms with Gasteiger partial charge in [-0.15, -0.1) is 0 Å². The van der Waals surface area contributed by atoms with Gasteiger partial charge in [-0.2, -0.15) is 0 Å². The first-order valence-electron chi connectivity index (χ1n) is 12.5. The SMILES string of the molecule is CC.Cc1ccccc1C1(CO)CCC2(CC1CN(C)C)OCCc1c2[nH]c2ccccc12. The fourth-order valence-corrected chi connectivity index (χ4v) is 6.41. The number of para-hydroxylation sites is 1. The summed E-state index contributed by atoms with van der Waals surface area (Å²) in [7, 11) is 4.27. The number of aryl methyl sites for hydroxylation is 1. The molecule has 3 unspecified atom stereocenters. The van der Waals surface area contributed by atoms with Crippen molar-refractivity contribution in [2.45, 2.75) is 57.5 Å². The lowest BCUT2D eigenvalue weighted by Gasteiger charge is -2.53. The van der Waals surface area contributed by atoms with Gasteiger partial charge in [0.05, 0.1) is 18.9 Å². The first-order valence-corrected chi connectivity index (χ1v) is 12.5. The van der Waals surface area contributed by atoms with Gasteiger partial charge in [-0.05, 0) is 75.4 Å². The zero-order valence-corrected chi connectivity index (χ0v) is 20.9. The van der Waals surface area contributed by atoms with Gasteiger partial charge in [0.2, 0.25) is 0 Å². The molecule has 0 saturated heterocycles. The summed E-state index contributed by atoms with van der Waals surface area (Å²) in [6.45, 7) is 8.04. The van der Waals surface area contributed by atoms with E-state index >= 15 is 0 Å². The molecular weight excluding hydrogens is 408 g/mol. The van der Waals surface area contributed by atoms with Crippen LogP contribution in [-0.2, 0) is 22.2 Å². The number of ether oxygens (including phenoxy) is 1. The number of nitrogens with zero attached hydrogens (tertiary/aromatic N) is 1. The highest BCUT2D eigenvalue weighted by Crippen LogP contribution is 2.54. The van der Waals surface area contributed by atoms with Crippen LogP contribution in [0.4, 0.5) is 0 Å². The van der Waals surface area contributed by atoms with Gasteiger partial charge in [-0.1, -0.05) is 56.3 Å². The number of fused-ring (bicyclic) bond motifs is 4. The van der Waals surface area contributed by atoms with E-state index in [-0.39, 0.29) is 17.6 Å². The lowest BCUT2D eigenvalue weighted by Crippen LogP contribution is -2.54. The highest BCUT2D eigenvalue weighted by atomic mass is 16.5. The number of hydrogen-bond donors (Lipinski definition) is 2. The fraction of sp³-hybridized carbons (Fsp3) is 0.517. The molecule has 4 nitrogen and oxygen atoms in total. The molecule has 5 rings (SSSR count). The third-order valence-electron chi connectivity index (χ3n) is 7.88. The van der Waals surface area contributed by atoms with Crippen LogP contribution in [0.15, 0.2) is 48.5 Å². The van der Waals surface area contributed by atoms with E-state index in [0.717, 1.165) is 38.8 Å². The second-order valence-corrected chi connectivity index (χ2v) is 9.91. The summed E-state index contributed by atoms with van der Waals surface area (Å²) >= 11 is 0. The number of aromatic amines is 1. The van der Waals surface area contributed by atoms with Crippen molar-refractivity contribution in [1.82, 2.24) is 9.88 Å². The Kier molecular flexibility index (Phi) is 6.99. The van der Waals surface area contributed by atoms with E-state index in [1.807, 2.05) is 13.8 Å². The molecule has 1 aromatic heterocycles. The Morgan fingerprint density at radius 1 is 1.06 bits per heavy atom. The van der Waals surface area contributed by atoms with E-state index in [9.17, 15) is 5.11 Å². The van der Waals surface area contributed by atoms with Crippen molar-refractivity contribution in [2.75, 3.05) is 33.9 Å². The van der Waals surface area contributed by atoms with Crippen LogP contribution in [0.25, 0.3) is 10.9 Å². The van der Waals surface area contributed by atoms with Crippen LogP contribution in [0.2, 0.25) is 0 Å². The number of rotatable bonds is 4.